The number of carbonyl (C=O) groups excluding carboxylic acids is 1. The van der Waals surface area contributed by atoms with Gasteiger partial charge in [-0.15, -0.1) is 0 Å². The van der Waals surface area contributed by atoms with Gasteiger partial charge in [-0.1, -0.05) is 12.1 Å². The van der Waals surface area contributed by atoms with Gasteiger partial charge in [0, 0.05) is 6.92 Å². The Balaban J connectivity index is 2.78. The third-order valence-corrected chi connectivity index (χ3v) is 2.42. The summed E-state index contributed by atoms with van der Waals surface area (Å²) in [5.41, 5.74) is 0.610. The zero-order valence-corrected chi connectivity index (χ0v) is 9.88. The second-order valence-electron chi connectivity index (χ2n) is 3.71. The molecule has 0 heterocycles. The minimum atomic E-state index is -0.949. The first-order valence-corrected chi connectivity index (χ1v) is 5.28. The summed E-state index contributed by atoms with van der Waals surface area (Å²) < 4.78 is 5.00. The van der Waals surface area contributed by atoms with Gasteiger partial charge in [-0.25, -0.2) is 0 Å². The van der Waals surface area contributed by atoms with Crippen molar-refractivity contribution in [2.45, 2.75) is 19.1 Å². The molecule has 1 aromatic rings. The monoisotopic (exact) mass is 239 g/mol. The zero-order valence-electron chi connectivity index (χ0n) is 9.88. The summed E-state index contributed by atoms with van der Waals surface area (Å²) >= 11 is 0. The van der Waals surface area contributed by atoms with Crippen LogP contribution in [-0.2, 0) is 4.79 Å². The Morgan fingerprint density at radius 2 is 2.00 bits per heavy atom. The van der Waals surface area contributed by atoms with Crippen molar-refractivity contribution in [2.24, 2.45) is 0 Å². The van der Waals surface area contributed by atoms with E-state index in [1.807, 2.05) is 0 Å². The first kappa shape index (κ1) is 13.5. The van der Waals surface area contributed by atoms with Crippen molar-refractivity contribution in [1.29, 1.82) is 0 Å². The summed E-state index contributed by atoms with van der Waals surface area (Å²) in [5.74, 6) is 0.387. The van der Waals surface area contributed by atoms with Gasteiger partial charge in [0.1, 0.15) is 11.9 Å². The standard InChI is InChI=1S/C12H17NO4/c1-8(15)13-11(7-14)12(16)9-3-5-10(17-2)6-4-9/h3-6,11-12,14,16H,7H2,1-2H3,(H,13,15)/t11-,12-/m1/s1. The SMILES string of the molecule is COc1ccc([C@@H](O)[C@@H](CO)NC(C)=O)cc1. The average Bonchev–Trinajstić information content (AvgIpc) is 2.35. The van der Waals surface area contributed by atoms with E-state index in [9.17, 15) is 9.90 Å². The minimum absolute atomic E-state index is 0.295. The highest BCUT2D eigenvalue weighted by Crippen LogP contribution is 2.20. The van der Waals surface area contributed by atoms with Crippen molar-refractivity contribution in [3.05, 3.63) is 29.8 Å². The Hall–Kier alpha value is -1.59. The molecule has 1 aromatic carbocycles. The predicted octanol–water partition coefficient (Wildman–Crippen LogP) is 0.226. The smallest absolute Gasteiger partial charge is 0.217 e. The first-order valence-electron chi connectivity index (χ1n) is 5.28. The number of hydrogen-bond donors (Lipinski definition) is 3. The van der Waals surface area contributed by atoms with E-state index < -0.39 is 12.1 Å². The van der Waals surface area contributed by atoms with E-state index in [0.29, 0.717) is 11.3 Å². The maximum absolute atomic E-state index is 10.9. The third-order valence-electron chi connectivity index (χ3n) is 2.42. The second-order valence-corrected chi connectivity index (χ2v) is 3.71. The molecular weight excluding hydrogens is 222 g/mol. The van der Waals surface area contributed by atoms with Crippen molar-refractivity contribution in [3.63, 3.8) is 0 Å². The van der Waals surface area contributed by atoms with Gasteiger partial charge < -0.3 is 20.3 Å². The maximum atomic E-state index is 10.9. The van der Waals surface area contributed by atoms with Gasteiger partial charge >= 0.3 is 0 Å². The highest BCUT2D eigenvalue weighted by molar-refractivity contribution is 5.73. The molecule has 0 aliphatic rings. The summed E-state index contributed by atoms with van der Waals surface area (Å²) in [6, 6.07) is 6.09. The summed E-state index contributed by atoms with van der Waals surface area (Å²) in [4.78, 5) is 10.9. The van der Waals surface area contributed by atoms with Gasteiger partial charge in [-0.2, -0.15) is 0 Å². The van der Waals surface area contributed by atoms with Crippen molar-refractivity contribution < 1.29 is 19.7 Å². The summed E-state index contributed by atoms with van der Waals surface area (Å²) in [6.45, 7) is 1.01. The number of carbonyl (C=O) groups is 1. The summed E-state index contributed by atoms with van der Waals surface area (Å²) in [5, 5.41) is 21.6. The Morgan fingerprint density at radius 3 is 2.41 bits per heavy atom. The van der Waals surface area contributed by atoms with Crippen molar-refractivity contribution >= 4 is 5.91 Å². The Morgan fingerprint density at radius 1 is 1.41 bits per heavy atom. The van der Waals surface area contributed by atoms with Crippen LogP contribution in [0.2, 0.25) is 0 Å². The van der Waals surface area contributed by atoms with Gasteiger partial charge in [-0.05, 0) is 17.7 Å². The van der Waals surface area contributed by atoms with Crippen LogP contribution in [0.15, 0.2) is 24.3 Å². The Bertz CT molecular complexity index is 363. The fourth-order valence-electron chi connectivity index (χ4n) is 1.52. The quantitative estimate of drug-likeness (QED) is 0.687. The molecule has 0 spiro atoms. The molecule has 5 nitrogen and oxygen atoms in total. The van der Waals surface area contributed by atoms with Crippen LogP contribution in [0.5, 0.6) is 5.75 Å². The molecule has 1 amide bonds. The number of nitrogens with one attached hydrogen (secondary N) is 1. The largest absolute Gasteiger partial charge is 0.497 e. The molecule has 0 unspecified atom stereocenters. The van der Waals surface area contributed by atoms with Crippen LogP contribution in [0.4, 0.5) is 0 Å². The number of ether oxygens (including phenoxy) is 1. The molecule has 0 aliphatic carbocycles. The summed E-state index contributed by atoms with van der Waals surface area (Å²) in [6.07, 6.45) is -0.949. The van der Waals surface area contributed by atoms with E-state index in [0.717, 1.165) is 0 Å². The van der Waals surface area contributed by atoms with Gasteiger partial charge in [0.25, 0.3) is 0 Å². The van der Waals surface area contributed by atoms with Gasteiger partial charge in [0.05, 0.1) is 19.8 Å². The summed E-state index contributed by atoms with van der Waals surface area (Å²) in [7, 11) is 1.55. The van der Waals surface area contributed by atoms with Crippen LogP contribution >= 0.6 is 0 Å². The van der Waals surface area contributed by atoms with Crippen molar-refractivity contribution in [3.8, 4) is 5.75 Å². The average molecular weight is 239 g/mol. The van der Waals surface area contributed by atoms with E-state index in [1.165, 1.54) is 6.92 Å². The van der Waals surface area contributed by atoms with E-state index in [1.54, 1.807) is 31.4 Å². The molecule has 0 saturated heterocycles. The highest BCUT2D eigenvalue weighted by atomic mass is 16.5. The molecule has 0 aromatic heterocycles. The van der Waals surface area contributed by atoms with E-state index >= 15 is 0 Å². The second kappa shape index (κ2) is 6.22. The molecule has 5 heteroatoms. The fraction of sp³-hybridized carbons (Fsp3) is 0.417. The number of aliphatic hydroxyl groups excluding tert-OH is 2. The number of hydrogen-bond acceptors (Lipinski definition) is 4. The van der Waals surface area contributed by atoms with Gasteiger partial charge in [0.15, 0.2) is 0 Å². The van der Waals surface area contributed by atoms with Crippen molar-refractivity contribution in [1.82, 2.24) is 5.32 Å². The van der Waals surface area contributed by atoms with Crippen LogP contribution in [0.25, 0.3) is 0 Å². The topological polar surface area (TPSA) is 78.8 Å². The molecule has 0 radical (unpaired) electrons. The third kappa shape index (κ3) is 3.72. The zero-order chi connectivity index (χ0) is 12.8. The van der Waals surface area contributed by atoms with Crippen LogP contribution in [-0.4, -0.2) is 35.9 Å². The van der Waals surface area contributed by atoms with Crippen LogP contribution in [0.1, 0.15) is 18.6 Å². The van der Waals surface area contributed by atoms with Gasteiger partial charge in [0.2, 0.25) is 5.91 Å². The lowest BCUT2D eigenvalue weighted by molar-refractivity contribution is -0.121. The number of rotatable bonds is 5. The lowest BCUT2D eigenvalue weighted by atomic mass is 10.0. The van der Waals surface area contributed by atoms with E-state index in [2.05, 4.69) is 5.32 Å². The lowest BCUT2D eigenvalue weighted by Gasteiger charge is -2.22. The Kier molecular flexibility index (Phi) is 4.93. The molecule has 2 atom stereocenters. The van der Waals surface area contributed by atoms with Crippen LogP contribution < -0.4 is 10.1 Å². The van der Waals surface area contributed by atoms with Crippen LogP contribution in [0.3, 0.4) is 0 Å². The molecule has 94 valence electrons. The molecule has 3 N–H and O–H groups in total. The van der Waals surface area contributed by atoms with E-state index in [4.69, 9.17) is 9.84 Å². The molecule has 1 rings (SSSR count). The fourth-order valence-corrected chi connectivity index (χ4v) is 1.52. The maximum Gasteiger partial charge on any atom is 0.217 e. The number of amides is 1. The molecule has 0 aliphatic heterocycles. The lowest BCUT2D eigenvalue weighted by Crippen LogP contribution is -2.40. The molecule has 17 heavy (non-hydrogen) atoms. The highest BCUT2D eigenvalue weighted by Gasteiger charge is 2.20. The number of benzene rings is 1. The van der Waals surface area contributed by atoms with Gasteiger partial charge in [-0.3, -0.25) is 4.79 Å². The number of aliphatic hydroxyl groups is 2. The predicted molar refractivity (Wildman–Crippen MR) is 62.6 cm³/mol. The van der Waals surface area contributed by atoms with E-state index in [-0.39, 0.29) is 12.5 Å². The minimum Gasteiger partial charge on any atom is -0.497 e. The van der Waals surface area contributed by atoms with Crippen molar-refractivity contribution in [2.75, 3.05) is 13.7 Å². The molecule has 0 saturated carbocycles. The van der Waals surface area contributed by atoms with Crippen LogP contribution in [0, 0.1) is 0 Å². The molecule has 0 bridgehead atoms. The number of methoxy groups -OCH3 is 1. The molecule has 0 fully saturated rings. The Labute approximate surface area is 100 Å². The first-order chi connectivity index (χ1) is 8.08. The normalized spacial score (nSPS) is 13.9. The molecular formula is C12H17NO4.